The molecule has 4 heteroatoms. The molecule has 0 atom stereocenters. The van der Waals surface area contributed by atoms with Gasteiger partial charge in [0.25, 0.3) is 0 Å². The molecule has 0 bridgehead atoms. The Labute approximate surface area is 75.7 Å². The fourth-order valence-corrected chi connectivity index (χ4v) is 1.04. The van der Waals surface area contributed by atoms with Crippen LogP contribution < -0.4 is 11.1 Å². The molecule has 1 amide bonds. The van der Waals surface area contributed by atoms with E-state index in [2.05, 4.69) is 5.32 Å². The third-order valence-corrected chi connectivity index (χ3v) is 1.60. The average Bonchev–Trinajstić information content (AvgIpc) is 2.07. The smallest absolute Gasteiger partial charge is 0.221 e. The summed E-state index contributed by atoms with van der Waals surface area (Å²) in [6, 6.07) is 4.09. The van der Waals surface area contributed by atoms with Crippen LogP contribution in [-0.4, -0.2) is 5.91 Å². The summed E-state index contributed by atoms with van der Waals surface area (Å²) in [6.45, 7) is 1.59. The molecule has 70 valence electrons. The molecule has 0 radical (unpaired) electrons. The Kier molecular flexibility index (Phi) is 2.97. The first-order chi connectivity index (χ1) is 6.13. The largest absolute Gasteiger partial charge is 0.326 e. The molecule has 0 spiro atoms. The lowest BCUT2D eigenvalue weighted by Crippen LogP contribution is -2.10. The zero-order chi connectivity index (χ0) is 9.84. The molecule has 1 aromatic rings. The molecule has 3 nitrogen and oxygen atoms in total. The SMILES string of the molecule is CC(=O)Nc1ccc(F)cc1CN. The third-order valence-electron chi connectivity index (χ3n) is 1.60. The van der Waals surface area contributed by atoms with Gasteiger partial charge in [0.05, 0.1) is 0 Å². The van der Waals surface area contributed by atoms with Crippen molar-refractivity contribution in [3.8, 4) is 0 Å². The maximum absolute atomic E-state index is 12.7. The van der Waals surface area contributed by atoms with Gasteiger partial charge in [-0.05, 0) is 23.8 Å². The third kappa shape index (κ3) is 2.52. The fourth-order valence-electron chi connectivity index (χ4n) is 1.04. The van der Waals surface area contributed by atoms with Crippen molar-refractivity contribution in [3.63, 3.8) is 0 Å². The highest BCUT2D eigenvalue weighted by Gasteiger charge is 2.03. The molecule has 0 aliphatic heterocycles. The van der Waals surface area contributed by atoms with Crippen molar-refractivity contribution in [2.75, 3.05) is 5.32 Å². The van der Waals surface area contributed by atoms with Gasteiger partial charge in [-0.2, -0.15) is 0 Å². The Bertz CT molecular complexity index is 325. The van der Waals surface area contributed by atoms with Crippen molar-refractivity contribution < 1.29 is 9.18 Å². The summed E-state index contributed by atoms with van der Waals surface area (Å²) in [5.74, 6) is -0.545. The van der Waals surface area contributed by atoms with Crippen LogP contribution >= 0.6 is 0 Å². The maximum atomic E-state index is 12.7. The summed E-state index contributed by atoms with van der Waals surface area (Å²) < 4.78 is 12.7. The number of rotatable bonds is 2. The van der Waals surface area contributed by atoms with Crippen LogP contribution in [0.25, 0.3) is 0 Å². The second-order valence-corrected chi connectivity index (χ2v) is 2.69. The second kappa shape index (κ2) is 4.00. The number of amides is 1. The zero-order valence-corrected chi connectivity index (χ0v) is 7.30. The van der Waals surface area contributed by atoms with E-state index in [9.17, 15) is 9.18 Å². The first-order valence-electron chi connectivity index (χ1n) is 3.89. The first kappa shape index (κ1) is 9.67. The van der Waals surface area contributed by atoms with Gasteiger partial charge >= 0.3 is 0 Å². The Morgan fingerprint density at radius 2 is 2.31 bits per heavy atom. The maximum Gasteiger partial charge on any atom is 0.221 e. The highest BCUT2D eigenvalue weighted by Crippen LogP contribution is 2.15. The van der Waals surface area contributed by atoms with Crippen molar-refractivity contribution in [2.24, 2.45) is 5.73 Å². The Hall–Kier alpha value is -1.42. The highest BCUT2D eigenvalue weighted by atomic mass is 19.1. The molecule has 0 fully saturated rings. The molecule has 0 aromatic heterocycles. The summed E-state index contributed by atoms with van der Waals surface area (Å²) in [7, 11) is 0. The van der Waals surface area contributed by atoms with E-state index in [1.165, 1.54) is 25.1 Å². The molecular formula is C9H11FN2O. The zero-order valence-electron chi connectivity index (χ0n) is 7.30. The van der Waals surface area contributed by atoms with Gasteiger partial charge in [-0.1, -0.05) is 0 Å². The summed E-state index contributed by atoms with van der Waals surface area (Å²) in [5, 5.41) is 2.57. The van der Waals surface area contributed by atoms with Crippen LogP contribution in [0.2, 0.25) is 0 Å². The van der Waals surface area contributed by atoms with Gasteiger partial charge in [0.15, 0.2) is 0 Å². The van der Waals surface area contributed by atoms with Gasteiger partial charge in [-0.3, -0.25) is 4.79 Å². The van der Waals surface area contributed by atoms with Gasteiger partial charge < -0.3 is 11.1 Å². The minimum absolute atomic E-state index is 0.193. The Morgan fingerprint density at radius 3 is 2.85 bits per heavy atom. The summed E-state index contributed by atoms with van der Waals surface area (Å²) in [6.07, 6.45) is 0. The predicted molar refractivity (Wildman–Crippen MR) is 48.6 cm³/mol. The number of anilines is 1. The van der Waals surface area contributed by atoms with E-state index in [-0.39, 0.29) is 18.3 Å². The minimum atomic E-state index is -0.352. The van der Waals surface area contributed by atoms with Crippen LogP contribution in [0.5, 0.6) is 0 Å². The molecule has 1 rings (SSSR count). The van der Waals surface area contributed by atoms with Crippen LogP contribution in [-0.2, 0) is 11.3 Å². The quantitative estimate of drug-likeness (QED) is 0.723. The molecule has 0 saturated carbocycles. The summed E-state index contributed by atoms with van der Waals surface area (Å²) in [5.41, 5.74) is 6.54. The van der Waals surface area contributed by atoms with E-state index in [0.717, 1.165) is 0 Å². The van der Waals surface area contributed by atoms with Gasteiger partial charge in [0.2, 0.25) is 5.91 Å². The Morgan fingerprint density at radius 1 is 1.62 bits per heavy atom. The molecule has 13 heavy (non-hydrogen) atoms. The van der Waals surface area contributed by atoms with Crippen molar-refractivity contribution in [1.82, 2.24) is 0 Å². The van der Waals surface area contributed by atoms with Crippen LogP contribution in [0, 0.1) is 5.82 Å². The van der Waals surface area contributed by atoms with Gasteiger partial charge in [-0.15, -0.1) is 0 Å². The van der Waals surface area contributed by atoms with E-state index in [4.69, 9.17) is 5.73 Å². The number of nitrogens with one attached hydrogen (secondary N) is 1. The van der Waals surface area contributed by atoms with Crippen molar-refractivity contribution >= 4 is 11.6 Å². The number of hydrogen-bond donors (Lipinski definition) is 2. The fraction of sp³-hybridized carbons (Fsp3) is 0.222. The average molecular weight is 182 g/mol. The molecule has 0 heterocycles. The number of hydrogen-bond acceptors (Lipinski definition) is 2. The van der Waals surface area contributed by atoms with E-state index >= 15 is 0 Å². The number of carbonyl (C=O) groups excluding carboxylic acids is 1. The van der Waals surface area contributed by atoms with Crippen LogP contribution in [0.1, 0.15) is 12.5 Å². The van der Waals surface area contributed by atoms with Gasteiger partial charge in [0.1, 0.15) is 5.82 Å². The number of halogens is 1. The van der Waals surface area contributed by atoms with Crippen molar-refractivity contribution in [1.29, 1.82) is 0 Å². The van der Waals surface area contributed by atoms with Crippen molar-refractivity contribution in [2.45, 2.75) is 13.5 Å². The number of benzene rings is 1. The second-order valence-electron chi connectivity index (χ2n) is 2.69. The van der Waals surface area contributed by atoms with Crippen LogP contribution in [0.3, 0.4) is 0 Å². The molecule has 0 unspecified atom stereocenters. The lowest BCUT2D eigenvalue weighted by atomic mass is 10.1. The van der Waals surface area contributed by atoms with E-state index < -0.39 is 0 Å². The first-order valence-corrected chi connectivity index (χ1v) is 3.89. The molecule has 0 aliphatic rings. The van der Waals surface area contributed by atoms with E-state index in [0.29, 0.717) is 11.3 Å². The standard InChI is InChI=1S/C9H11FN2O/c1-6(13)12-9-3-2-8(10)4-7(9)5-11/h2-4H,5,11H2,1H3,(H,12,13). The molecule has 1 aromatic carbocycles. The number of carbonyl (C=O) groups is 1. The van der Waals surface area contributed by atoms with Crippen molar-refractivity contribution in [3.05, 3.63) is 29.6 Å². The van der Waals surface area contributed by atoms with E-state index in [1.54, 1.807) is 0 Å². The Balaban J connectivity index is 2.99. The lowest BCUT2D eigenvalue weighted by Gasteiger charge is -2.07. The predicted octanol–water partition coefficient (Wildman–Crippen LogP) is 1.24. The topological polar surface area (TPSA) is 55.1 Å². The van der Waals surface area contributed by atoms with Crippen LogP contribution in [0.4, 0.5) is 10.1 Å². The van der Waals surface area contributed by atoms with Crippen LogP contribution in [0.15, 0.2) is 18.2 Å². The normalized spacial score (nSPS) is 9.77. The minimum Gasteiger partial charge on any atom is -0.326 e. The molecule has 3 N–H and O–H groups in total. The number of nitrogens with two attached hydrogens (primary N) is 1. The van der Waals surface area contributed by atoms with Gasteiger partial charge in [0, 0.05) is 19.2 Å². The molecule has 0 saturated heterocycles. The highest BCUT2D eigenvalue weighted by molar-refractivity contribution is 5.89. The molecule has 0 aliphatic carbocycles. The van der Waals surface area contributed by atoms with E-state index in [1.807, 2.05) is 0 Å². The lowest BCUT2D eigenvalue weighted by molar-refractivity contribution is -0.114. The monoisotopic (exact) mass is 182 g/mol. The summed E-state index contributed by atoms with van der Waals surface area (Å²) in [4.78, 5) is 10.7. The summed E-state index contributed by atoms with van der Waals surface area (Å²) >= 11 is 0. The molecular weight excluding hydrogens is 171 g/mol. The van der Waals surface area contributed by atoms with Gasteiger partial charge in [-0.25, -0.2) is 4.39 Å².